The molecule has 0 spiro atoms. The zero-order chi connectivity index (χ0) is 31.9. The molecule has 3 aromatic carbocycles. The number of carbonyl (C=O) groups is 1. The second kappa shape index (κ2) is 11.7. The van der Waals surface area contributed by atoms with Crippen LogP contribution in [0.1, 0.15) is 52.8 Å². The first-order valence-electron chi connectivity index (χ1n) is 14.0. The molecule has 1 unspecified atom stereocenters. The quantitative estimate of drug-likeness (QED) is 0.218. The maximum atomic E-state index is 15.6. The topological polar surface area (TPSA) is 123 Å². The van der Waals surface area contributed by atoms with Crippen LogP contribution >= 0.6 is 0 Å². The molecule has 6 rings (SSSR count). The Balaban J connectivity index is 1.29. The molecule has 1 atom stereocenters. The molecule has 12 heteroatoms. The number of aromatic nitrogens is 4. The second-order valence-electron chi connectivity index (χ2n) is 11.5. The van der Waals surface area contributed by atoms with Crippen LogP contribution in [0.3, 0.4) is 0 Å². The van der Waals surface area contributed by atoms with Gasteiger partial charge in [0.1, 0.15) is 29.6 Å². The molecule has 0 radical (unpaired) electrons. The molecule has 228 valence electrons. The minimum atomic E-state index is -1.27. The van der Waals surface area contributed by atoms with Crippen molar-refractivity contribution in [1.29, 1.82) is 5.26 Å². The highest BCUT2D eigenvalue weighted by Crippen LogP contribution is 2.41. The summed E-state index contributed by atoms with van der Waals surface area (Å²) in [4.78, 5) is 24.6. The highest BCUT2D eigenvalue weighted by molar-refractivity contribution is 5.93. The summed E-state index contributed by atoms with van der Waals surface area (Å²) < 4.78 is 58.0. The summed E-state index contributed by atoms with van der Waals surface area (Å²) >= 11 is 0. The summed E-state index contributed by atoms with van der Waals surface area (Å²) in [6.45, 7) is 4.56. The Hall–Kier alpha value is -5.28. The Bertz CT molecular complexity index is 2000. The van der Waals surface area contributed by atoms with Gasteiger partial charge in [-0.3, -0.25) is 0 Å². The maximum absolute atomic E-state index is 15.6. The van der Waals surface area contributed by atoms with Crippen molar-refractivity contribution < 1.29 is 32.5 Å². The monoisotopic (exact) mass is 613 g/mol. The van der Waals surface area contributed by atoms with Crippen LogP contribution in [-0.4, -0.2) is 43.8 Å². The number of benzene rings is 3. The van der Waals surface area contributed by atoms with E-state index in [1.165, 1.54) is 30.5 Å². The van der Waals surface area contributed by atoms with Crippen LogP contribution in [0.2, 0.25) is 0 Å². The molecular weight excluding hydrogens is 587 g/mol. The Kier molecular flexibility index (Phi) is 7.72. The number of imidazole rings is 1. The molecular formula is C33H26F3N5O4. The molecule has 3 heterocycles. The van der Waals surface area contributed by atoms with Gasteiger partial charge >= 0.3 is 12.0 Å². The highest BCUT2D eigenvalue weighted by Gasteiger charge is 2.39. The molecule has 0 aliphatic carbocycles. The van der Waals surface area contributed by atoms with E-state index in [4.69, 9.17) is 14.7 Å². The number of hydrogen-bond donors (Lipinski definition) is 1. The number of hydrogen-bond acceptors (Lipinski definition) is 7. The van der Waals surface area contributed by atoms with Crippen molar-refractivity contribution in [1.82, 2.24) is 19.5 Å². The van der Waals surface area contributed by atoms with Crippen molar-refractivity contribution >= 4 is 17.0 Å². The van der Waals surface area contributed by atoms with Crippen molar-refractivity contribution in [3.63, 3.8) is 0 Å². The summed E-state index contributed by atoms with van der Waals surface area (Å²) in [6.07, 6.45) is 1.44. The first-order valence-corrected chi connectivity index (χ1v) is 14.0. The number of halogens is 3. The molecule has 2 aromatic heterocycles. The van der Waals surface area contributed by atoms with Crippen LogP contribution in [0.4, 0.5) is 13.2 Å². The van der Waals surface area contributed by atoms with E-state index in [1.807, 2.05) is 19.9 Å². The van der Waals surface area contributed by atoms with Gasteiger partial charge in [0, 0.05) is 29.2 Å². The van der Waals surface area contributed by atoms with Gasteiger partial charge in [0.05, 0.1) is 47.7 Å². The third-order valence-corrected chi connectivity index (χ3v) is 7.90. The van der Waals surface area contributed by atoms with Crippen LogP contribution in [0.15, 0.2) is 60.8 Å². The zero-order valence-corrected chi connectivity index (χ0v) is 24.2. The summed E-state index contributed by atoms with van der Waals surface area (Å²) in [5.74, 6) is -2.82. The molecule has 1 aliphatic heterocycles. The van der Waals surface area contributed by atoms with Crippen molar-refractivity contribution in [3.05, 3.63) is 106 Å². The van der Waals surface area contributed by atoms with Crippen molar-refractivity contribution in [2.75, 3.05) is 13.2 Å². The van der Waals surface area contributed by atoms with Gasteiger partial charge in [0.15, 0.2) is 5.82 Å². The van der Waals surface area contributed by atoms with Gasteiger partial charge in [-0.15, -0.1) is 0 Å². The molecule has 5 aromatic rings. The van der Waals surface area contributed by atoms with Gasteiger partial charge in [-0.1, -0.05) is 32.0 Å². The van der Waals surface area contributed by atoms with E-state index < -0.39 is 23.4 Å². The van der Waals surface area contributed by atoms with E-state index in [9.17, 15) is 14.3 Å². The Morgan fingerprint density at radius 1 is 1.07 bits per heavy atom. The van der Waals surface area contributed by atoms with Gasteiger partial charge in [0.2, 0.25) is 0 Å². The van der Waals surface area contributed by atoms with Crippen LogP contribution in [-0.2, 0) is 17.8 Å². The van der Waals surface area contributed by atoms with Crippen molar-refractivity contribution in [2.24, 2.45) is 5.41 Å². The maximum Gasteiger partial charge on any atom is 0.335 e. The van der Waals surface area contributed by atoms with E-state index in [0.29, 0.717) is 35.8 Å². The van der Waals surface area contributed by atoms with E-state index in [2.05, 4.69) is 15.0 Å². The van der Waals surface area contributed by atoms with Gasteiger partial charge in [-0.2, -0.15) is 10.2 Å². The summed E-state index contributed by atoms with van der Waals surface area (Å²) in [6, 6.07) is 14.0. The lowest BCUT2D eigenvalue weighted by atomic mass is 9.87. The predicted molar refractivity (Wildman–Crippen MR) is 156 cm³/mol. The number of ether oxygens (including phenoxy) is 2. The molecule has 9 nitrogen and oxygen atoms in total. The smallest absolute Gasteiger partial charge is 0.335 e. The Morgan fingerprint density at radius 2 is 1.84 bits per heavy atom. The van der Waals surface area contributed by atoms with E-state index in [-0.39, 0.29) is 58.3 Å². The van der Waals surface area contributed by atoms with Crippen LogP contribution in [0.25, 0.3) is 22.3 Å². The third kappa shape index (κ3) is 5.82. The SMILES string of the molecule is CC1(C)COCC1n1c(Cc2ccc(-c3ccnc(OCc4ccc(C#N)cc4F)n3)cc2F)nc2c(F)cc(C(=O)O)cc21. The van der Waals surface area contributed by atoms with Crippen LogP contribution in [0.5, 0.6) is 6.01 Å². The highest BCUT2D eigenvalue weighted by atomic mass is 19.1. The zero-order valence-electron chi connectivity index (χ0n) is 24.2. The minimum absolute atomic E-state index is 0.00348. The lowest BCUT2D eigenvalue weighted by Gasteiger charge is -2.28. The average molecular weight is 614 g/mol. The number of nitrogens with zero attached hydrogens (tertiary/aromatic N) is 5. The minimum Gasteiger partial charge on any atom is -0.478 e. The van der Waals surface area contributed by atoms with Crippen LogP contribution < -0.4 is 4.74 Å². The fraction of sp³-hybridized carbons (Fsp3) is 0.242. The lowest BCUT2D eigenvalue weighted by Crippen LogP contribution is -2.27. The number of rotatable bonds is 8. The number of aromatic carboxylic acids is 1. The first-order chi connectivity index (χ1) is 21.5. The third-order valence-electron chi connectivity index (χ3n) is 7.90. The normalized spacial score (nSPS) is 15.7. The molecule has 1 fully saturated rings. The Morgan fingerprint density at radius 3 is 2.53 bits per heavy atom. The molecule has 1 aliphatic rings. The first kappa shape index (κ1) is 29.8. The number of nitriles is 1. The fourth-order valence-corrected chi connectivity index (χ4v) is 5.44. The standard InChI is InChI=1S/C33H26F3N5O4/c1-33(2)17-44-16-28(33)41-27-12-22(31(42)43)11-25(36)30(27)40-29(41)13-19-5-6-20(10-24(19)35)26-7-8-38-32(39-26)45-15-21-4-3-18(14-37)9-23(21)34/h3-12,28H,13,15-17H2,1-2H3,(H,42,43). The molecule has 0 bridgehead atoms. The van der Waals surface area contributed by atoms with Crippen molar-refractivity contribution in [2.45, 2.75) is 32.9 Å². The fourth-order valence-electron chi connectivity index (χ4n) is 5.44. The van der Waals surface area contributed by atoms with Gasteiger partial charge in [-0.05, 0) is 42.0 Å². The number of carboxylic acid groups (broad SMARTS) is 1. The molecule has 45 heavy (non-hydrogen) atoms. The van der Waals surface area contributed by atoms with Gasteiger partial charge in [0.25, 0.3) is 0 Å². The van der Waals surface area contributed by atoms with Gasteiger partial charge < -0.3 is 19.1 Å². The van der Waals surface area contributed by atoms with E-state index in [1.54, 1.807) is 22.8 Å². The summed E-state index contributed by atoms with van der Waals surface area (Å²) in [7, 11) is 0. The summed E-state index contributed by atoms with van der Waals surface area (Å²) in [5, 5.41) is 18.5. The number of fused-ring (bicyclic) bond motifs is 1. The van der Waals surface area contributed by atoms with Crippen molar-refractivity contribution in [3.8, 4) is 23.3 Å². The molecule has 1 N–H and O–H groups in total. The van der Waals surface area contributed by atoms with E-state index >= 15 is 8.78 Å². The average Bonchev–Trinajstić information content (AvgIpc) is 3.55. The second-order valence-corrected chi connectivity index (χ2v) is 11.5. The summed E-state index contributed by atoms with van der Waals surface area (Å²) in [5.41, 5.74) is 1.21. The van der Waals surface area contributed by atoms with Gasteiger partial charge in [-0.25, -0.2) is 27.9 Å². The molecule has 0 saturated carbocycles. The number of carboxylic acids is 1. The predicted octanol–water partition coefficient (Wildman–Crippen LogP) is 6.25. The Labute approximate surface area is 255 Å². The van der Waals surface area contributed by atoms with Crippen LogP contribution in [0, 0.1) is 34.2 Å². The van der Waals surface area contributed by atoms with E-state index in [0.717, 1.165) is 12.1 Å². The molecule has 1 saturated heterocycles. The lowest BCUT2D eigenvalue weighted by molar-refractivity contribution is 0.0696. The molecule has 0 amide bonds. The largest absolute Gasteiger partial charge is 0.478 e.